The van der Waals surface area contributed by atoms with Crippen LogP contribution in [-0.2, 0) is 6.42 Å². The Kier molecular flexibility index (Phi) is 3.36. The minimum absolute atomic E-state index is 0.122. The number of nitrogens with two attached hydrogens (primary N) is 1. The minimum atomic E-state index is -0.175. The van der Waals surface area contributed by atoms with Crippen molar-refractivity contribution < 1.29 is 4.39 Å². The van der Waals surface area contributed by atoms with Gasteiger partial charge in [-0.1, -0.05) is 18.2 Å². The standard InChI is InChI=1S/C13H14FNS/c1-9-11(6-7-16-9)13(15)8-10-4-2-3-5-12(10)14/h2-7,13H,8,15H2,1H3. The molecule has 1 heterocycles. The van der Waals surface area contributed by atoms with Crippen molar-refractivity contribution in [2.45, 2.75) is 19.4 Å². The Morgan fingerprint density at radius 1 is 1.31 bits per heavy atom. The fourth-order valence-electron chi connectivity index (χ4n) is 1.79. The Hall–Kier alpha value is -1.19. The van der Waals surface area contributed by atoms with Crippen molar-refractivity contribution in [3.8, 4) is 0 Å². The summed E-state index contributed by atoms with van der Waals surface area (Å²) in [4.78, 5) is 1.21. The molecule has 3 heteroatoms. The first kappa shape index (κ1) is 11.3. The summed E-state index contributed by atoms with van der Waals surface area (Å²) in [5.74, 6) is -0.175. The van der Waals surface area contributed by atoms with E-state index in [4.69, 9.17) is 5.73 Å². The molecule has 2 N–H and O–H groups in total. The highest BCUT2D eigenvalue weighted by atomic mass is 32.1. The molecule has 0 saturated carbocycles. The van der Waals surface area contributed by atoms with Gasteiger partial charge >= 0.3 is 0 Å². The van der Waals surface area contributed by atoms with E-state index in [9.17, 15) is 4.39 Å². The maximum Gasteiger partial charge on any atom is 0.126 e. The first-order valence-corrected chi connectivity index (χ1v) is 6.09. The molecule has 1 aromatic heterocycles. The molecule has 16 heavy (non-hydrogen) atoms. The topological polar surface area (TPSA) is 26.0 Å². The Morgan fingerprint density at radius 2 is 2.06 bits per heavy atom. The molecular weight excluding hydrogens is 221 g/mol. The van der Waals surface area contributed by atoms with E-state index in [1.165, 1.54) is 10.9 Å². The van der Waals surface area contributed by atoms with Crippen molar-refractivity contribution in [1.82, 2.24) is 0 Å². The molecule has 1 nitrogen and oxygen atoms in total. The lowest BCUT2D eigenvalue weighted by molar-refractivity contribution is 0.593. The van der Waals surface area contributed by atoms with Gasteiger partial charge in [0.05, 0.1) is 0 Å². The lowest BCUT2D eigenvalue weighted by atomic mass is 10.0. The van der Waals surface area contributed by atoms with E-state index in [0.717, 1.165) is 5.56 Å². The van der Waals surface area contributed by atoms with Crippen LogP contribution in [0.2, 0.25) is 0 Å². The van der Waals surface area contributed by atoms with Gasteiger partial charge in [-0.15, -0.1) is 11.3 Å². The SMILES string of the molecule is Cc1sccc1C(N)Cc1ccccc1F. The summed E-state index contributed by atoms with van der Waals surface area (Å²) >= 11 is 1.67. The van der Waals surface area contributed by atoms with Gasteiger partial charge in [-0.3, -0.25) is 0 Å². The monoisotopic (exact) mass is 235 g/mol. The predicted molar refractivity (Wildman–Crippen MR) is 66.1 cm³/mol. The second-order valence-electron chi connectivity index (χ2n) is 3.83. The number of halogens is 1. The minimum Gasteiger partial charge on any atom is -0.324 e. The third-order valence-corrected chi connectivity index (χ3v) is 3.56. The molecule has 0 fully saturated rings. The summed E-state index contributed by atoms with van der Waals surface area (Å²) in [6.45, 7) is 2.04. The zero-order chi connectivity index (χ0) is 11.5. The molecule has 0 aliphatic carbocycles. The molecule has 2 rings (SSSR count). The second kappa shape index (κ2) is 4.76. The number of hydrogen-bond donors (Lipinski definition) is 1. The van der Waals surface area contributed by atoms with Gasteiger partial charge in [-0.2, -0.15) is 0 Å². The van der Waals surface area contributed by atoms with Gasteiger partial charge in [0, 0.05) is 10.9 Å². The van der Waals surface area contributed by atoms with Gasteiger partial charge in [0.1, 0.15) is 5.82 Å². The number of hydrogen-bond acceptors (Lipinski definition) is 2. The fourth-order valence-corrected chi connectivity index (χ4v) is 2.56. The zero-order valence-corrected chi connectivity index (χ0v) is 9.93. The molecule has 2 aromatic rings. The summed E-state index contributed by atoms with van der Waals surface area (Å²) < 4.78 is 13.4. The fraction of sp³-hybridized carbons (Fsp3) is 0.231. The Balaban J connectivity index is 2.17. The molecule has 0 bridgehead atoms. The Morgan fingerprint density at radius 3 is 2.69 bits per heavy atom. The Labute approximate surface area is 98.7 Å². The molecular formula is C13H14FNS. The van der Waals surface area contributed by atoms with Gasteiger partial charge in [-0.05, 0) is 42.0 Å². The molecule has 84 valence electrons. The van der Waals surface area contributed by atoms with Gasteiger partial charge in [-0.25, -0.2) is 4.39 Å². The smallest absolute Gasteiger partial charge is 0.126 e. The number of rotatable bonds is 3. The van der Waals surface area contributed by atoms with Gasteiger partial charge in [0.2, 0.25) is 0 Å². The summed E-state index contributed by atoms with van der Waals surface area (Å²) in [6, 6.07) is 8.69. The lowest BCUT2D eigenvalue weighted by Crippen LogP contribution is -2.14. The number of aryl methyl sites for hydroxylation is 1. The molecule has 1 atom stereocenters. The molecule has 0 amide bonds. The molecule has 0 spiro atoms. The van der Waals surface area contributed by atoms with E-state index in [-0.39, 0.29) is 11.9 Å². The van der Waals surface area contributed by atoms with Gasteiger partial charge < -0.3 is 5.73 Å². The molecule has 0 aliphatic heterocycles. The highest BCUT2D eigenvalue weighted by Gasteiger charge is 2.12. The van der Waals surface area contributed by atoms with E-state index in [1.54, 1.807) is 23.5 Å². The quantitative estimate of drug-likeness (QED) is 0.866. The summed E-state index contributed by atoms with van der Waals surface area (Å²) in [7, 11) is 0. The van der Waals surface area contributed by atoms with E-state index in [2.05, 4.69) is 0 Å². The van der Waals surface area contributed by atoms with Crippen molar-refractivity contribution in [3.63, 3.8) is 0 Å². The van der Waals surface area contributed by atoms with Crippen molar-refractivity contribution in [2.75, 3.05) is 0 Å². The van der Waals surface area contributed by atoms with Crippen LogP contribution in [0.4, 0.5) is 4.39 Å². The molecule has 0 saturated heterocycles. The van der Waals surface area contributed by atoms with E-state index < -0.39 is 0 Å². The van der Waals surface area contributed by atoms with Crippen molar-refractivity contribution in [1.29, 1.82) is 0 Å². The first-order valence-electron chi connectivity index (χ1n) is 5.21. The maximum absolute atomic E-state index is 13.4. The zero-order valence-electron chi connectivity index (χ0n) is 9.11. The van der Waals surface area contributed by atoms with Crippen LogP contribution in [0.3, 0.4) is 0 Å². The normalized spacial score (nSPS) is 12.7. The van der Waals surface area contributed by atoms with Crippen LogP contribution in [0, 0.1) is 12.7 Å². The van der Waals surface area contributed by atoms with Crippen molar-refractivity contribution in [3.05, 3.63) is 57.5 Å². The Bertz CT molecular complexity index is 478. The first-order chi connectivity index (χ1) is 7.68. The average molecular weight is 235 g/mol. The van der Waals surface area contributed by atoms with Crippen LogP contribution in [0.1, 0.15) is 22.0 Å². The molecule has 0 radical (unpaired) electrons. The van der Waals surface area contributed by atoms with Crippen LogP contribution in [0.5, 0.6) is 0 Å². The van der Waals surface area contributed by atoms with Crippen LogP contribution < -0.4 is 5.73 Å². The van der Waals surface area contributed by atoms with Crippen LogP contribution in [0.25, 0.3) is 0 Å². The van der Waals surface area contributed by atoms with E-state index in [0.29, 0.717) is 12.0 Å². The summed E-state index contributed by atoms with van der Waals surface area (Å²) in [6.07, 6.45) is 0.546. The number of benzene rings is 1. The largest absolute Gasteiger partial charge is 0.324 e. The highest BCUT2D eigenvalue weighted by molar-refractivity contribution is 7.10. The summed E-state index contributed by atoms with van der Waals surface area (Å²) in [5.41, 5.74) is 7.88. The van der Waals surface area contributed by atoms with Crippen LogP contribution >= 0.6 is 11.3 Å². The van der Waals surface area contributed by atoms with Gasteiger partial charge in [0.15, 0.2) is 0 Å². The maximum atomic E-state index is 13.4. The highest BCUT2D eigenvalue weighted by Crippen LogP contribution is 2.24. The third-order valence-electron chi connectivity index (χ3n) is 2.70. The number of thiophene rings is 1. The second-order valence-corrected chi connectivity index (χ2v) is 4.95. The average Bonchev–Trinajstić information content (AvgIpc) is 2.68. The molecule has 1 aromatic carbocycles. The van der Waals surface area contributed by atoms with Crippen molar-refractivity contribution in [2.24, 2.45) is 5.73 Å². The van der Waals surface area contributed by atoms with E-state index >= 15 is 0 Å². The summed E-state index contributed by atoms with van der Waals surface area (Å²) in [5, 5.41) is 2.02. The van der Waals surface area contributed by atoms with Crippen LogP contribution in [0.15, 0.2) is 35.7 Å². The predicted octanol–water partition coefficient (Wildman–Crippen LogP) is 3.44. The third kappa shape index (κ3) is 2.31. The van der Waals surface area contributed by atoms with Crippen molar-refractivity contribution >= 4 is 11.3 Å². The lowest BCUT2D eigenvalue weighted by Gasteiger charge is -2.12. The molecule has 1 unspecified atom stereocenters. The van der Waals surface area contributed by atoms with Gasteiger partial charge in [0.25, 0.3) is 0 Å². The molecule has 0 aliphatic rings. The van der Waals surface area contributed by atoms with Crippen LogP contribution in [-0.4, -0.2) is 0 Å². The van der Waals surface area contributed by atoms with E-state index in [1.807, 2.05) is 24.4 Å².